The lowest BCUT2D eigenvalue weighted by Crippen LogP contribution is -2.07. The SMILES string of the molecule is CCn1c(COc2cc(C)c(Cl)c(C)c2)nnc1SCc1ccc(Br)cc1. The second kappa shape index (κ2) is 9.13. The molecule has 0 N–H and O–H groups in total. The van der Waals surface area contributed by atoms with E-state index in [0.717, 1.165) is 49.7 Å². The molecule has 0 spiro atoms. The Morgan fingerprint density at radius 3 is 2.41 bits per heavy atom. The van der Waals surface area contributed by atoms with Crippen molar-refractivity contribution in [1.29, 1.82) is 0 Å². The van der Waals surface area contributed by atoms with Crippen LogP contribution in [0.1, 0.15) is 29.4 Å². The number of nitrogens with zero attached hydrogens (tertiary/aromatic N) is 3. The summed E-state index contributed by atoms with van der Waals surface area (Å²) in [7, 11) is 0. The van der Waals surface area contributed by atoms with Crippen molar-refractivity contribution in [2.75, 3.05) is 0 Å². The fourth-order valence-electron chi connectivity index (χ4n) is 2.72. The maximum atomic E-state index is 6.22. The van der Waals surface area contributed by atoms with Crippen LogP contribution in [0.2, 0.25) is 5.02 Å². The van der Waals surface area contributed by atoms with Crippen molar-refractivity contribution in [2.45, 2.75) is 44.8 Å². The van der Waals surface area contributed by atoms with Gasteiger partial charge in [0.05, 0.1) is 0 Å². The van der Waals surface area contributed by atoms with Crippen molar-refractivity contribution >= 4 is 39.3 Å². The van der Waals surface area contributed by atoms with Gasteiger partial charge in [0.15, 0.2) is 11.0 Å². The molecular formula is C20H21BrClN3OS. The van der Waals surface area contributed by atoms with Gasteiger partial charge in [0.2, 0.25) is 0 Å². The molecule has 27 heavy (non-hydrogen) atoms. The summed E-state index contributed by atoms with van der Waals surface area (Å²) in [4.78, 5) is 0. The molecule has 0 aliphatic rings. The number of ether oxygens (including phenoxy) is 1. The molecule has 2 aromatic carbocycles. The third-order valence-corrected chi connectivity index (χ3v) is 6.33. The molecule has 1 aromatic heterocycles. The van der Waals surface area contributed by atoms with Gasteiger partial charge in [0.25, 0.3) is 0 Å². The lowest BCUT2D eigenvalue weighted by atomic mass is 10.1. The minimum Gasteiger partial charge on any atom is -0.486 e. The van der Waals surface area contributed by atoms with Crippen LogP contribution in [-0.2, 0) is 18.9 Å². The Bertz CT molecular complexity index is 904. The highest BCUT2D eigenvalue weighted by atomic mass is 79.9. The van der Waals surface area contributed by atoms with Crippen molar-refractivity contribution in [3.63, 3.8) is 0 Å². The standard InChI is InChI=1S/C20H21BrClN3OS/c1-4-25-18(11-26-17-9-13(2)19(22)14(3)10-17)23-24-20(25)27-12-15-5-7-16(21)8-6-15/h5-10H,4,11-12H2,1-3H3. The van der Waals surface area contributed by atoms with Gasteiger partial charge in [-0.1, -0.05) is 51.4 Å². The Morgan fingerprint density at radius 1 is 1.11 bits per heavy atom. The van der Waals surface area contributed by atoms with Gasteiger partial charge in [-0.3, -0.25) is 0 Å². The molecule has 142 valence electrons. The van der Waals surface area contributed by atoms with E-state index in [9.17, 15) is 0 Å². The maximum absolute atomic E-state index is 6.22. The molecule has 7 heteroatoms. The third-order valence-electron chi connectivity index (χ3n) is 4.17. The molecular weight excluding hydrogens is 446 g/mol. The predicted molar refractivity (Wildman–Crippen MR) is 115 cm³/mol. The molecule has 0 saturated heterocycles. The van der Waals surface area contributed by atoms with Gasteiger partial charge in [0.1, 0.15) is 12.4 Å². The van der Waals surface area contributed by atoms with E-state index in [4.69, 9.17) is 16.3 Å². The summed E-state index contributed by atoms with van der Waals surface area (Å²) in [5.41, 5.74) is 3.27. The lowest BCUT2D eigenvalue weighted by Gasteiger charge is -2.11. The summed E-state index contributed by atoms with van der Waals surface area (Å²) in [6.07, 6.45) is 0. The normalized spacial score (nSPS) is 11.0. The van der Waals surface area contributed by atoms with Gasteiger partial charge in [-0.15, -0.1) is 10.2 Å². The van der Waals surface area contributed by atoms with Gasteiger partial charge < -0.3 is 9.30 Å². The number of thioether (sulfide) groups is 1. The molecule has 3 aromatic rings. The zero-order chi connectivity index (χ0) is 19.4. The largest absolute Gasteiger partial charge is 0.486 e. The van der Waals surface area contributed by atoms with E-state index in [1.54, 1.807) is 11.8 Å². The molecule has 0 atom stereocenters. The van der Waals surface area contributed by atoms with Crippen molar-refractivity contribution in [1.82, 2.24) is 14.8 Å². The molecule has 0 saturated carbocycles. The second-order valence-corrected chi connectivity index (χ2v) is 8.45. The molecule has 0 aliphatic heterocycles. The first-order chi connectivity index (χ1) is 13.0. The Balaban J connectivity index is 1.67. The van der Waals surface area contributed by atoms with E-state index in [1.807, 2.05) is 26.0 Å². The van der Waals surface area contributed by atoms with E-state index in [2.05, 4.69) is 61.9 Å². The van der Waals surface area contributed by atoms with Crippen LogP contribution in [0.4, 0.5) is 0 Å². The molecule has 0 amide bonds. The van der Waals surface area contributed by atoms with Gasteiger partial charge in [-0.05, 0) is 61.7 Å². The summed E-state index contributed by atoms with van der Waals surface area (Å²) >= 11 is 11.4. The van der Waals surface area contributed by atoms with Crippen LogP contribution in [0.5, 0.6) is 5.75 Å². The van der Waals surface area contributed by atoms with Crippen LogP contribution < -0.4 is 4.74 Å². The van der Waals surface area contributed by atoms with Crippen molar-refractivity contribution < 1.29 is 4.74 Å². The quantitative estimate of drug-likeness (QED) is 0.389. The highest BCUT2D eigenvalue weighted by Gasteiger charge is 2.13. The van der Waals surface area contributed by atoms with Crippen molar-refractivity contribution in [3.05, 3.63) is 68.4 Å². The van der Waals surface area contributed by atoms with Crippen LogP contribution >= 0.6 is 39.3 Å². The minimum atomic E-state index is 0.375. The number of rotatable bonds is 7. The van der Waals surface area contributed by atoms with E-state index >= 15 is 0 Å². The average molecular weight is 467 g/mol. The highest BCUT2D eigenvalue weighted by Crippen LogP contribution is 2.27. The van der Waals surface area contributed by atoms with Crippen LogP contribution in [-0.4, -0.2) is 14.8 Å². The Morgan fingerprint density at radius 2 is 1.78 bits per heavy atom. The summed E-state index contributed by atoms with van der Waals surface area (Å²) in [6.45, 7) is 7.22. The third kappa shape index (κ3) is 5.06. The first-order valence-corrected chi connectivity index (χ1v) is 10.8. The monoisotopic (exact) mass is 465 g/mol. The number of aryl methyl sites for hydroxylation is 2. The van der Waals surface area contributed by atoms with Crippen molar-refractivity contribution in [2.24, 2.45) is 0 Å². The Kier molecular flexibility index (Phi) is 6.84. The van der Waals surface area contributed by atoms with Crippen molar-refractivity contribution in [3.8, 4) is 5.75 Å². The lowest BCUT2D eigenvalue weighted by molar-refractivity contribution is 0.288. The van der Waals surface area contributed by atoms with E-state index in [1.165, 1.54) is 5.56 Å². The van der Waals surface area contributed by atoms with E-state index in [0.29, 0.717) is 6.61 Å². The number of benzene rings is 2. The second-order valence-electron chi connectivity index (χ2n) is 6.22. The van der Waals surface area contributed by atoms with Crippen LogP contribution in [0.15, 0.2) is 46.0 Å². The van der Waals surface area contributed by atoms with Gasteiger partial charge in [0, 0.05) is 21.8 Å². The molecule has 1 heterocycles. The van der Waals surface area contributed by atoms with Crippen LogP contribution in [0.3, 0.4) is 0 Å². The fraction of sp³-hybridized carbons (Fsp3) is 0.300. The first-order valence-electron chi connectivity index (χ1n) is 8.66. The molecule has 0 bridgehead atoms. The van der Waals surface area contributed by atoms with Gasteiger partial charge >= 0.3 is 0 Å². The molecule has 0 unspecified atom stereocenters. The fourth-order valence-corrected chi connectivity index (χ4v) is 4.07. The number of halogens is 2. The number of hydrogen-bond acceptors (Lipinski definition) is 4. The summed E-state index contributed by atoms with van der Waals surface area (Å²) in [5, 5.41) is 10.4. The van der Waals surface area contributed by atoms with Crippen LogP contribution in [0, 0.1) is 13.8 Å². The smallest absolute Gasteiger partial charge is 0.191 e. The number of hydrogen-bond donors (Lipinski definition) is 0. The summed E-state index contributed by atoms with van der Waals surface area (Å²) in [5.74, 6) is 2.46. The Hall–Kier alpha value is -1.50. The predicted octanol–water partition coefficient (Wildman–Crippen LogP) is 6.20. The highest BCUT2D eigenvalue weighted by molar-refractivity contribution is 9.10. The summed E-state index contributed by atoms with van der Waals surface area (Å²) < 4.78 is 9.12. The molecule has 4 nitrogen and oxygen atoms in total. The average Bonchev–Trinajstić information content (AvgIpc) is 3.05. The van der Waals surface area contributed by atoms with E-state index < -0.39 is 0 Å². The molecule has 3 rings (SSSR count). The van der Waals surface area contributed by atoms with E-state index in [-0.39, 0.29) is 0 Å². The topological polar surface area (TPSA) is 39.9 Å². The molecule has 0 fully saturated rings. The maximum Gasteiger partial charge on any atom is 0.191 e. The Labute approximate surface area is 177 Å². The zero-order valence-corrected chi connectivity index (χ0v) is 18.7. The molecule has 0 aliphatic carbocycles. The first kappa shape index (κ1) is 20.2. The van der Waals surface area contributed by atoms with Gasteiger partial charge in [-0.25, -0.2) is 0 Å². The minimum absolute atomic E-state index is 0.375. The van der Waals surface area contributed by atoms with Crippen LogP contribution in [0.25, 0.3) is 0 Å². The molecule has 0 radical (unpaired) electrons. The summed E-state index contributed by atoms with van der Waals surface area (Å²) in [6, 6.07) is 12.2. The zero-order valence-electron chi connectivity index (χ0n) is 15.5. The van der Waals surface area contributed by atoms with Gasteiger partial charge in [-0.2, -0.15) is 0 Å². The number of aromatic nitrogens is 3.